The Kier molecular flexibility index (Phi) is 6.25. The summed E-state index contributed by atoms with van der Waals surface area (Å²) in [4.78, 5) is 27.2. The number of aromatic nitrogens is 1. The maximum Gasteiger partial charge on any atom is 0.348 e. The van der Waals surface area contributed by atoms with Crippen molar-refractivity contribution in [1.82, 2.24) is 9.47 Å². The minimum Gasteiger partial charge on any atom is -0.456 e. The molecule has 2 aromatic rings. The van der Waals surface area contributed by atoms with E-state index in [2.05, 4.69) is 15.9 Å². The summed E-state index contributed by atoms with van der Waals surface area (Å²) in [6.45, 7) is 5.87. The number of hydrogen-bond acceptors (Lipinski definition) is 4. The fraction of sp³-hybridized carbons (Fsp3) is 0.619. The van der Waals surface area contributed by atoms with Crippen LogP contribution in [0.25, 0.3) is 10.2 Å². The summed E-state index contributed by atoms with van der Waals surface area (Å²) in [7, 11) is 3.53. The highest BCUT2D eigenvalue weighted by molar-refractivity contribution is 9.10. The van der Waals surface area contributed by atoms with E-state index < -0.39 is 5.60 Å². The van der Waals surface area contributed by atoms with Crippen molar-refractivity contribution in [1.29, 1.82) is 0 Å². The van der Waals surface area contributed by atoms with E-state index in [4.69, 9.17) is 4.74 Å². The standard InChI is InChI=1S/C21H29BrN2O3S/c1-21(2,3)27-20(26)15-11-14-18(28-15)17(13-9-7-6-8-10-13)19(22)24(14)12-16(25)23(4)5/h11,13H,6-10,12H2,1-5H3. The molecule has 1 aliphatic rings. The van der Waals surface area contributed by atoms with Crippen molar-refractivity contribution >= 4 is 49.4 Å². The molecule has 0 saturated heterocycles. The third-order valence-electron chi connectivity index (χ3n) is 5.11. The molecule has 0 spiro atoms. The highest BCUT2D eigenvalue weighted by Gasteiger charge is 2.29. The molecule has 7 heteroatoms. The first-order valence-electron chi connectivity index (χ1n) is 9.83. The molecule has 0 aliphatic heterocycles. The number of carbonyl (C=O) groups excluding carboxylic acids is 2. The summed E-state index contributed by atoms with van der Waals surface area (Å²) in [5.41, 5.74) is 1.66. The number of nitrogens with zero attached hydrogens (tertiary/aromatic N) is 2. The predicted molar refractivity (Wildman–Crippen MR) is 117 cm³/mol. The Morgan fingerprint density at radius 3 is 2.46 bits per heavy atom. The number of fused-ring (bicyclic) bond motifs is 1. The van der Waals surface area contributed by atoms with Gasteiger partial charge in [-0.1, -0.05) is 19.3 Å². The van der Waals surface area contributed by atoms with E-state index in [1.165, 1.54) is 36.2 Å². The van der Waals surface area contributed by atoms with Crippen molar-refractivity contribution in [2.45, 2.75) is 70.9 Å². The van der Waals surface area contributed by atoms with Crippen molar-refractivity contribution in [3.8, 4) is 0 Å². The summed E-state index contributed by atoms with van der Waals surface area (Å²) in [6, 6.07) is 1.88. The molecule has 0 radical (unpaired) electrons. The predicted octanol–water partition coefficient (Wildman–Crippen LogP) is 5.56. The summed E-state index contributed by atoms with van der Waals surface area (Å²) in [5.74, 6) is 0.189. The van der Waals surface area contributed by atoms with Crippen LogP contribution in [0.4, 0.5) is 0 Å². The van der Waals surface area contributed by atoms with Crippen molar-refractivity contribution in [2.24, 2.45) is 0 Å². The average Bonchev–Trinajstić information content (AvgIpc) is 3.12. The number of likely N-dealkylation sites (N-methyl/N-ethyl adjacent to an activating group) is 1. The van der Waals surface area contributed by atoms with E-state index in [0.29, 0.717) is 10.8 Å². The van der Waals surface area contributed by atoms with Crippen molar-refractivity contribution in [2.75, 3.05) is 14.1 Å². The molecule has 2 heterocycles. The number of amides is 1. The summed E-state index contributed by atoms with van der Waals surface area (Å²) >= 11 is 5.27. The van der Waals surface area contributed by atoms with Gasteiger partial charge in [0.2, 0.25) is 5.91 Å². The second kappa shape index (κ2) is 8.19. The van der Waals surface area contributed by atoms with Crippen LogP contribution >= 0.6 is 27.3 Å². The molecule has 1 saturated carbocycles. The van der Waals surface area contributed by atoms with E-state index in [1.807, 2.05) is 31.4 Å². The van der Waals surface area contributed by atoms with Gasteiger partial charge in [0.1, 0.15) is 17.0 Å². The minimum atomic E-state index is -0.533. The first kappa shape index (κ1) is 21.4. The molecular formula is C21H29BrN2O3S. The number of rotatable bonds is 4. The number of hydrogen-bond donors (Lipinski definition) is 0. The number of carbonyl (C=O) groups is 2. The van der Waals surface area contributed by atoms with Gasteiger partial charge in [-0.2, -0.15) is 0 Å². The fourth-order valence-corrected chi connectivity index (χ4v) is 5.86. The molecular weight excluding hydrogens is 440 g/mol. The highest BCUT2D eigenvalue weighted by atomic mass is 79.9. The van der Waals surface area contributed by atoms with Gasteiger partial charge >= 0.3 is 5.97 Å². The first-order valence-corrected chi connectivity index (χ1v) is 11.4. The van der Waals surface area contributed by atoms with Gasteiger partial charge in [0.05, 0.1) is 14.8 Å². The van der Waals surface area contributed by atoms with E-state index in [-0.39, 0.29) is 18.4 Å². The van der Waals surface area contributed by atoms with E-state index in [1.54, 1.807) is 19.0 Å². The molecule has 1 amide bonds. The van der Waals surface area contributed by atoms with Crippen LogP contribution < -0.4 is 0 Å². The molecule has 1 aliphatic carbocycles. The van der Waals surface area contributed by atoms with Crippen LogP contribution in [0.3, 0.4) is 0 Å². The van der Waals surface area contributed by atoms with Gasteiger partial charge in [0.15, 0.2) is 0 Å². The van der Waals surface area contributed by atoms with Gasteiger partial charge in [-0.15, -0.1) is 11.3 Å². The number of esters is 1. The molecule has 2 aromatic heterocycles. The molecule has 3 rings (SSSR count). The lowest BCUT2D eigenvalue weighted by Gasteiger charge is -2.22. The molecule has 5 nitrogen and oxygen atoms in total. The number of ether oxygens (including phenoxy) is 1. The Labute approximate surface area is 179 Å². The zero-order valence-corrected chi connectivity index (χ0v) is 19.7. The molecule has 1 fully saturated rings. The molecule has 28 heavy (non-hydrogen) atoms. The third kappa shape index (κ3) is 4.46. The third-order valence-corrected chi connectivity index (χ3v) is 7.11. The summed E-state index contributed by atoms with van der Waals surface area (Å²) in [6.07, 6.45) is 6.04. The molecule has 0 atom stereocenters. The van der Waals surface area contributed by atoms with E-state index in [9.17, 15) is 9.59 Å². The average molecular weight is 469 g/mol. The van der Waals surface area contributed by atoms with Crippen LogP contribution in [0.2, 0.25) is 0 Å². The fourth-order valence-electron chi connectivity index (χ4n) is 3.73. The van der Waals surface area contributed by atoms with Crippen LogP contribution in [0.15, 0.2) is 10.7 Å². The molecule has 154 valence electrons. The maximum atomic E-state index is 12.6. The topological polar surface area (TPSA) is 51.5 Å². The molecule has 0 aromatic carbocycles. The van der Waals surface area contributed by atoms with Crippen molar-refractivity contribution in [3.05, 3.63) is 21.1 Å². The van der Waals surface area contributed by atoms with Crippen LogP contribution in [-0.2, 0) is 16.1 Å². The van der Waals surface area contributed by atoms with Gasteiger partial charge < -0.3 is 14.2 Å². The van der Waals surface area contributed by atoms with Crippen LogP contribution in [0, 0.1) is 0 Å². The largest absolute Gasteiger partial charge is 0.456 e. The van der Waals surface area contributed by atoms with Crippen molar-refractivity contribution in [3.63, 3.8) is 0 Å². The van der Waals surface area contributed by atoms with Gasteiger partial charge in [0, 0.05) is 19.7 Å². The Hall–Kier alpha value is -1.34. The van der Waals surface area contributed by atoms with Crippen LogP contribution in [-0.4, -0.2) is 41.0 Å². The van der Waals surface area contributed by atoms with Gasteiger partial charge in [-0.05, 0) is 61.5 Å². The SMILES string of the molecule is CN(C)C(=O)Cn1c(Br)c(C2CCCCC2)c2sc(C(=O)OC(C)(C)C)cc21. The number of thiophene rings is 1. The Morgan fingerprint density at radius 2 is 1.89 bits per heavy atom. The Morgan fingerprint density at radius 1 is 1.25 bits per heavy atom. The number of halogens is 1. The molecule has 0 N–H and O–H groups in total. The lowest BCUT2D eigenvalue weighted by Crippen LogP contribution is -2.26. The van der Waals surface area contributed by atoms with Gasteiger partial charge in [-0.25, -0.2) is 4.79 Å². The molecule has 0 unspecified atom stereocenters. The lowest BCUT2D eigenvalue weighted by atomic mass is 9.85. The maximum absolute atomic E-state index is 12.6. The minimum absolute atomic E-state index is 0.0258. The molecule has 0 bridgehead atoms. The summed E-state index contributed by atoms with van der Waals surface area (Å²) < 4.78 is 9.66. The highest BCUT2D eigenvalue weighted by Crippen LogP contribution is 2.45. The second-order valence-electron chi connectivity index (χ2n) is 8.74. The second-order valence-corrected chi connectivity index (χ2v) is 10.5. The van der Waals surface area contributed by atoms with Crippen molar-refractivity contribution < 1.29 is 14.3 Å². The van der Waals surface area contributed by atoms with Crippen LogP contribution in [0.1, 0.15) is 74.0 Å². The Balaban J connectivity index is 2.08. The lowest BCUT2D eigenvalue weighted by molar-refractivity contribution is -0.129. The Bertz CT molecular complexity index is 886. The van der Waals surface area contributed by atoms with Gasteiger partial charge in [-0.3, -0.25) is 4.79 Å². The summed E-state index contributed by atoms with van der Waals surface area (Å²) in [5, 5.41) is 0. The normalized spacial score (nSPS) is 15.8. The zero-order valence-electron chi connectivity index (χ0n) is 17.3. The van der Waals surface area contributed by atoms with E-state index in [0.717, 1.165) is 27.7 Å². The smallest absolute Gasteiger partial charge is 0.348 e. The van der Waals surface area contributed by atoms with Gasteiger partial charge in [0.25, 0.3) is 0 Å². The monoisotopic (exact) mass is 468 g/mol. The first-order chi connectivity index (χ1) is 13.1. The quantitative estimate of drug-likeness (QED) is 0.552. The zero-order chi connectivity index (χ0) is 20.6. The van der Waals surface area contributed by atoms with Crippen LogP contribution in [0.5, 0.6) is 0 Å². The van der Waals surface area contributed by atoms with E-state index >= 15 is 0 Å².